The van der Waals surface area contributed by atoms with Gasteiger partial charge in [0, 0.05) is 44.7 Å². The topological polar surface area (TPSA) is 105 Å². The summed E-state index contributed by atoms with van der Waals surface area (Å²) < 4.78 is 10.6. The van der Waals surface area contributed by atoms with Crippen LogP contribution in [0.25, 0.3) is 0 Å². The Morgan fingerprint density at radius 1 is 1.28 bits per heavy atom. The second kappa shape index (κ2) is 11.6. The van der Waals surface area contributed by atoms with Crippen LogP contribution in [0.1, 0.15) is 36.8 Å². The van der Waals surface area contributed by atoms with Gasteiger partial charge in [-0.15, -0.1) is 11.8 Å². The summed E-state index contributed by atoms with van der Waals surface area (Å²) in [5.74, 6) is 0.364. The van der Waals surface area contributed by atoms with E-state index in [1.807, 2.05) is 11.5 Å². The molecule has 0 radical (unpaired) electrons. The number of nitrogens with zero attached hydrogens (tertiary/aromatic N) is 2. The van der Waals surface area contributed by atoms with Gasteiger partial charge in [0.1, 0.15) is 11.3 Å². The molecule has 9 nitrogen and oxygen atoms in total. The van der Waals surface area contributed by atoms with Crippen molar-refractivity contribution in [2.75, 3.05) is 45.1 Å². The Morgan fingerprint density at radius 3 is 2.75 bits per heavy atom. The highest BCUT2D eigenvalue weighted by Crippen LogP contribution is 2.21. The number of pyridine rings is 1. The first-order valence-corrected chi connectivity index (χ1v) is 11.9. The van der Waals surface area contributed by atoms with Crippen LogP contribution in [-0.2, 0) is 16.0 Å². The largest absolute Gasteiger partial charge is 0.444 e. The molecule has 1 aromatic rings. The molecule has 1 fully saturated rings. The number of hydrogen-bond acceptors (Lipinski definition) is 8. The molecule has 3 rings (SSSR count). The highest BCUT2D eigenvalue weighted by Gasteiger charge is 2.26. The maximum Gasteiger partial charge on any atom is 0.411 e. The van der Waals surface area contributed by atoms with Crippen molar-refractivity contribution in [3.05, 3.63) is 40.7 Å². The third-order valence-electron chi connectivity index (χ3n) is 4.89. The SMILES string of the molecule is CC(C)(C)OC(=O)NC1=CSCC1NC(=O)c1ccc(CNCCN2CCOCC2)cn1. The van der Waals surface area contributed by atoms with Crippen LogP contribution in [0.5, 0.6) is 0 Å². The van der Waals surface area contributed by atoms with E-state index in [9.17, 15) is 9.59 Å². The average molecular weight is 464 g/mol. The maximum atomic E-state index is 12.6. The lowest BCUT2D eigenvalue weighted by atomic mass is 10.2. The number of carbonyl (C=O) groups is 2. The third-order valence-corrected chi connectivity index (χ3v) is 5.84. The van der Waals surface area contributed by atoms with Crippen molar-refractivity contribution < 1.29 is 19.1 Å². The number of amides is 2. The van der Waals surface area contributed by atoms with Crippen LogP contribution in [0.3, 0.4) is 0 Å². The van der Waals surface area contributed by atoms with E-state index in [-0.39, 0.29) is 11.9 Å². The van der Waals surface area contributed by atoms with Crippen molar-refractivity contribution in [3.63, 3.8) is 0 Å². The summed E-state index contributed by atoms with van der Waals surface area (Å²) in [6.07, 6.45) is 1.18. The molecule has 0 aromatic carbocycles. The van der Waals surface area contributed by atoms with Gasteiger partial charge in [-0.25, -0.2) is 4.79 Å². The first kappa shape index (κ1) is 24.5. The summed E-state index contributed by atoms with van der Waals surface area (Å²) in [6.45, 7) is 11.6. The fourth-order valence-electron chi connectivity index (χ4n) is 3.25. The molecule has 32 heavy (non-hydrogen) atoms. The van der Waals surface area contributed by atoms with Gasteiger partial charge in [-0.05, 0) is 37.8 Å². The smallest absolute Gasteiger partial charge is 0.411 e. The number of ether oxygens (including phenoxy) is 2. The Hall–Kier alpha value is -2.14. The van der Waals surface area contributed by atoms with E-state index >= 15 is 0 Å². The van der Waals surface area contributed by atoms with Crippen LogP contribution in [0.4, 0.5) is 4.79 Å². The van der Waals surface area contributed by atoms with E-state index in [0.29, 0.717) is 23.7 Å². The van der Waals surface area contributed by atoms with Gasteiger partial charge in [-0.3, -0.25) is 20.0 Å². The molecule has 2 aliphatic rings. The number of morpholine rings is 1. The minimum absolute atomic E-state index is 0.277. The zero-order valence-corrected chi connectivity index (χ0v) is 19.8. The molecule has 176 valence electrons. The number of hydrogen-bond donors (Lipinski definition) is 3. The average Bonchev–Trinajstić information content (AvgIpc) is 3.17. The molecule has 10 heteroatoms. The van der Waals surface area contributed by atoms with E-state index in [2.05, 4.69) is 25.8 Å². The Kier molecular flexibility index (Phi) is 8.92. The molecule has 0 bridgehead atoms. The van der Waals surface area contributed by atoms with E-state index in [1.54, 1.807) is 33.0 Å². The number of aromatic nitrogens is 1. The van der Waals surface area contributed by atoms with Crippen LogP contribution < -0.4 is 16.0 Å². The first-order valence-electron chi connectivity index (χ1n) is 10.9. The number of rotatable bonds is 8. The fraction of sp³-hybridized carbons (Fsp3) is 0.591. The van der Waals surface area contributed by atoms with Gasteiger partial charge in [0.25, 0.3) is 5.91 Å². The van der Waals surface area contributed by atoms with E-state index in [1.165, 1.54) is 11.8 Å². The molecular formula is C22H33N5O4S. The van der Waals surface area contributed by atoms with Gasteiger partial charge in [-0.1, -0.05) is 6.07 Å². The van der Waals surface area contributed by atoms with Crippen molar-refractivity contribution in [2.24, 2.45) is 0 Å². The van der Waals surface area contributed by atoms with E-state index in [0.717, 1.165) is 45.0 Å². The van der Waals surface area contributed by atoms with E-state index < -0.39 is 11.7 Å². The molecule has 3 N–H and O–H groups in total. The van der Waals surface area contributed by atoms with Crippen molar-refractivity contribution >= 4 is 23.8 Å². The lowest BCUT2D eigenvalue weighted by Crippen LogP contribution is -2.43. The fourth-order valence-corrected chi connectivity index (χ4v) is 4.21. The number of alkyl carbamates (subject to hydrolysis) is 1. The molecule has 1 aromatic heterocycles. The van der Waals surface area contributed by atoms with Gasteiger partial charge in [0.2, 0.25) is 0 Å². The summed E-state index contributed by atoms with van der Waals surface area (Å²) in [7, 11) is 0. The third kappa shape index (κ3) is 8.09. The van der Waals surface area contributed by atoms with Gasteiger partial charge in [0.05, 0.1) is 25.0 Å². The maximum absolute atomic E-state index is 12.6. The molecule has 0 aliphatic carbocycles. The van der Waals surface area contributed by atoms with Crippen molar-refractivity contribution in [1.82, 2.24) is 25.8 Å². The Labute approximate surface area is 193 Å². The van der Waals surface area contributed by atoms with Crippen LogP contribution >= 0.6 is 11.8 Å². The summed E-state index contributed by atoms with van der Waals surface area (Å²) in [5, 5.41) is 10.9. The molecular weight excluding hydrogens is 430 g/mol. The minimum atomic E-state index is -0.585. The quantitative estimate of drug-likeness (QED) is 0.501. The second-order valence-corrected chi connectivity index (χ2v) is 9.64. The predicted molar refractivity (Wildman–Crippen MR) is 124 cm³/mol. The van der Waals surface area contributed by atoms with Crippen LogP contribution in [0.15, 0.2) is 29.4 Å². The number of carbonyl (C=O) groups excluding carboxylic acids is 2. The Bertz CT molecular complexity index is 804. The van der Waals surface area contributed by atoms with Gasteiger partial charge < -0.3 is 20.1 Å². The Balaban J connectivity index is 1.41. The first-order chi connectivity index (χ1) is 15.3. The summed E-state index contributed by atoms with van der Waals surface area (Å²) in [6, 6.07) is 3.33. The minimum Gasteiger partial charge on any atom is -0.444 e. The lowest BCUT2D eigenvalue weighted by molar-refractivity contribution is 0.0384. The molecule has 0 saturated carbocycles. The number of nitrogens with one attached hydrogen (secondary N) is 3. The molecule has 2 amide bonds. The monoisotopic (exact) mass is 463 g/mol. The van der Waals surface area contributed by atoms with Gasteiger partial charge in [0.15, 0.2) is 0 Å². The summed E-state index contributed by atoms with van der Waals surface area (Å²) in [4.78, 5) is 31.3. The predicted octanol–water partition coefficient (Wildman–Crippen LogP) is 1.71. The highest BCUT2D eigenvalue weighted by molar-refractivity contribution is 8.02. The van der Waals surface area contributed by atoms with Crippen LogP contribution in [0.2, 0.25) is 0 Å². The molecule has 0 spiro atoms. The summed E-state index contributed by atoms with van der Waals surface area (Å²) >= 11 is 1.53. The van der Waals surface area contributed by atoms with Gasteiger partial charge >= 0.3 is 6.09 Å². The van der Waals surface area contributed by atoms with Crippen molar-refractivity contribution in [2.45, 2.75) is 39.0 Å². The zero-order chi connectivity index (χ0) is 23.0. The molecule has 2 aliphatic heterocycles. The second-order valence-electron chi connectivity index (χ2n) is 8.74. The van der Waals surface area contributed by atoms with Gasteiger partial charge in [-0.2, -0.15) is 0 Å². The standard InChI is InChI=1S/C22H33N5O4S/c1-22(2,3)31-21(29)26-19-15-32-14-18(19)25-20(28)17-5-4-16(13-24-17)12-23-6-7-27-8-10-30-11-9-27/h4-5,13,15,18,23H,6-12,14H2,1-3H3,(H,25,28)(H,26,29). The molecule has 3 heterocycles. The molecule has 1 saturated heterocycles. The van der Waals surface area contributed by atoms with Crippen molar-refractivity contribution in [3.8, 4) is 0 Å². The van der Waals surface area contributed by atoms with Crippen molar-refractivity contribution in [1.29, 1.82) is 0 Å². The normalized spacial score (nSPS) is 19.3. The van der Waals surface area contributed by atoms with Crippen LogP contribution in [0, 0.1) is 0 Å². The lowest BCUT2D eigenvalue weighted by Gasteiger charge is -2.26. The highest BCUT2D eigenvalue weighted by atomic mass is 32.2. The van der Waals surface area contributed by atoms with E-state index in [4.69, 9.17) is 9.47 Å². The number of thioether (sulfide) groups is 1. The Morgan fingerprint density at radius 2 is 2.06 bits per heavy atom. The molecule has 1 unspecified atom stereocenters. The summed E-state index contributed by atoms with van der Waals surface area (Å²) in [5.41, 5.74) is 1.40. The van der Waals surface area contributed by atoms with Crippen LogP contribution in [-0.4, -0.2) is 78.7 Å². The zero-order valence-electron chi connectivity index (χ0n) is 19.0. The molecule has 1 atom stereocenters.